The third-order valence-corrected chi connectivity index (χ3v) is 2.49. The quantitative estimate of drug-likeness (QED) is 0.554. The summed E-state index contributed by atoms with van der Waals surface area (Å²) in [5.41, 5.74) is 7.42. The molecule has 2 N–H and O–H groups in total. The van der Waals surface area contributed by atoms with Gasteiger partial charge in [0.25, 0.3) is 0 Å². The normalized spacial score (nSPS) is 18.9. The number of esters is 1. The van der Waals surface area contributed by atoms with Gasteiger partial charge in [-0.25, -0.2) is 4.79 Å². The maximum Gasteiger partial charge on any atom is 0.347 e. The number of carbonyl (C=O) groups is 1. The van der Waals surface area contributed by atoms with Crippen molar-refractivity contribution in [2.75, 3.05) is 12.8 Å². The van der Waals surface area contributed by atoms with E-state index in [9.17, 15) is 4.79 Å². The number of hydrogen-bond donors (Lipinski definition) is 1. The molecule has 0 saturated carbocycles. The SMILES string of the molecule is COC(=O)[C@@H]1CCc2cc(N)ccc2O1. The first-order valence-electron chi connectivity index (χ1n) is 4.83. The van der Waals surface area contributed by atoms with Crippen LogP contribution in [0.3, 0.4) is 0 Å². The Labute approximate surface area is 88.0 Å². The first-order valence-corrected chi connectivity index (χ1v) is 4.83. The van der Waals surface area contributed by atoms with Gasteiger partial charge in [-0.15, -0.1) is 0 Å². The molecule has 1 aliphatic heterocycles. The van der Waals surface area contributed by atoms with E-state index in [2.05, 4.69) is 4.74 Å². The monoisotopic (exact) mass is 207 g/mol. The van der Waals surface area contributed by atoms with Crippen molar-refractivity contribution in [3.05, 3.63) is 23.8 Å². The molecule has 1 aromatic rings. The van der Waals surface area contributed by atoms with Crippen molar-refractivity contribution in [3.8, 4) is 5.75 Å². The topological polar surface area (TPSA) is 61.5 Å². The summed E-state index contributed by atoms with van der Waals surface area (Å²) in [5, 5.41) is 0. The van der Waals surface area contributed by atoms with E-state index in [0.717, 1.165) is 17.7 Å². The van der Waals surface area contributed by atoms with E-state index in [1.54, 1.807) is 12.1 Å². The molecular weight excluding hydrogens is 194 g/mol. The fourth-order valence-electron chi connectivity index (χ4n) is 1.71. The first-order chi connectivity index (χ1) is 7.20. The van der Waals surface area contributed by atoms with E-state index >= 15 is 0 Å². The van der Waals surface area contributed by atoms with Gasteiger partial charge in [0.1, 0.15) is 5.75 Å². The highest BCUT2D eigenvalue weighted by molar-refractivity contribution is 5.75. The predicted octanol–water partition coefficient (Wildman–Crippen LogP) is 1.14. The van der Waals surface area contributed by atoms with Crippen LogP contribution >= 0.6 is 0 Å². The minimum Gasteiger partial charge on any atom is -0.478 e. The fraction of sp³-hybridized carbons (Fsp3) is 0.364. The molecule has 15 heavy (non-hydrogen) atoms. The lowest BCUT2D eigenvalue weighted by Gasteiger charge is -2.24. The molecule has 0 unspecified atom stereocenters. The van der Waals surface area contributed by atoms with E-state index in [1.807, 2.05) is 6.07 Å². The van der Waals surface area contributed by atoms with Crippen LogP contribution in [0, 0.1) is 0 Å². The first kappa shape index (κ1) is 9.83. The summed E-state index contributed by atoms with van der Waals surface area (Å²) < 4.78 is 10.1. The second-order valence-electron chi connectivity index (χ2n) is 3.54. The maximum atomic E-state index is 11.3. The fourth-order valence-corrected chi connectivity index (χ4v) is 1.71. The van der Waals surface area contributed by atoms with Crippen LogP contribution < -0.4 is 10.5 Å². The van der Waals surface area contributed by atoms with Crippen molar-refractivity contribution >= 4 is 11.7 Å². The average molecular weight is 207 g/mol. The van der Waals surface area contributed by atoms with Gasteiger partial charge in [0, 0.05) is 5.69 Å². The number of nitrogens with two attached hydrogens (primary N) is 1. The Morgan fingerprint density at radius 2 is 2.40 bits per heavy atom. The zero-order chi connectivity index (χ0) is 10.8. The van der Waals surface area contributed by atoms with Gasteiger partial charge in [0.05, 0.1) is 7.11 Å². The molecule has 1 atom stereocenters. The van der Waals surface area contributed by atoms with E-state index in [1.165, 1.54) is 7.11 Å². The van der Waals surface area contributed by atoms with Crippen molar-refractivity contribution < 1.29 is 14.3 Å². The molecule has 0 aromatic heterocycles. The number of benzene rings is 1. The van der Waals surface area contributed by atoms with Crippen LogP contribution in [0.2, 0.25) is 0 Å². The number of fused-ring (bicyclic) bond motifs is 1. The van der Waals surface area contributed by atoms with Crippen molar-refractivity contribution in [2.24, 2.45) is 0 Å². The van der Waals surface area contributed by atoms with Crippen molar-refractivity contribution in [3.63, 3.8) is 0 Å². The zero-order valence-corrected chi connectivity index (χ0v) is 8.53. The van der Waals surface area contributed by atoms with Gasteiger partial charge < -0.3 is 15.2 Å². The van der Waals surface area contributed by atoms with E-state index in [0.29, 0.717) is 12.1 Å². The molecule has 80 valence electrons. The minimum atomic E-state index is -0.480. The highest BCUT2D eigenvalue weighted by Crippen LogP contribution is 2.29. The number of methoxy groups -OCH3 is 1. The van der Waals surface area contributed by atoms with Crippen LogP contribution in [0.4, 0.5) is 5.69 Å². The van der Waals surface area contributed by atoms with Gasteiger partial charge >= 0.3 is 5.97 Å². The molecule has 0 amide bonds. The number of hydrogen-bond acceptors (Lipinski definition) is 4. The van der Waals surface area contributed by atoms with E-state index in [4.69, 9.17) is 10.5 Å². The average Bonchev–Trinajstić information content (AvgIpc) is 2.27. The molecule has 1 heterocycles. The molecule has 1 aliphatic rings. The zero-order valence-electron chi connectivity index (χ0n) is 8.53. The Balaban J connectivity index is 2.20. The number of nitrogen functional groups attached to an aromatic ring is 1. The predicted molar refractivity (Wildman–Crippen MR) is 55.6 cm³/mol. The Morgan fingerprint density at radius 3 is 3.13 bits per heavy atom. The summed E-state index contributed by atoms with van der Waals surface area (Å²) >= 11 is 0. The summed E-state index contributed by atoms with van der Waals surface area (Å²) in [4.78, 5) is 11.3. The number of aryl methyl sites for hydroxylation is 1. The molecule has 2 rings (SSSR count). The second-order valence-corrected chi connectivity index (χ2v) is 3.54. The summed E-state index contributed by atoms with van der Waals surface area (Å²) in [6.45, 7) is 0. The molecule has 0 bridgehead atoms. The van der Waals surface area contributed by atoms with Crippen LogP contribution in [-0.4, -0.2) is 19.2 Å². The number of anilines is 1. The second kappa shape index (κ2) is 3.81. The maximum absolute atomic E-state index is 11.3. The highest BCUT2D eigenvalue weighted by atomic mass is 16.6. The summed E-state index contributed by atoms with van der Waals surface area (Å²) in [6.07, 6.45) is 0.953. The molecule has 0 saturated heterocycles. The van der Waals surface area contributed by atoms with Gasteiger partial charge in [-0.05, 0) is 36.6 Å². The van der Waals surface area contributed by atoms with Crippen molar-refractivity contribution in [1.82, 2.24) is 0 Å². The molecule has 4 heteroatoms. The number of ether oxygens (including phenoxy) is 2. The standard InChI is InChI=1S/C11H13NO3/c1-14-11(13)10-4-2-7-6-8(12)3-5-9(7)15-10/h3,5-6,10H,2,4,12H2,1H3/t10-/m0/s1. The van der Waals surface area contributed by atoms with Crippen LogP contribution in [-0.2, 0) is 16.0 Å². The minimum absolute atomic E-state index is 0.322. The number of rotatable bonds is 1. The molecule has 0 fully saturated rings. The van der Waals surface area contributed by atoms with Gasteiger partial charge in [-0.3, -0.25) is 0 Å². The smallest absolute Gasteiger partial charge is 0.347 e. The highest BCUT2D eigenvalue weighted by Gasteiger charge is 2.26. The lowest BCUT2D eigenvalue weighted by atomic mass is 10.0. The van der Waals surface area contributed by atoms with Crippen LogP contribution in [0.25, 0.3) is 0 Å². The molecule has 0 spiro atoms. The molecule has 1 aromatic carbocycles. The van der Waals surface area contributed by atoms with Gasteiger partial charge in [-0.2, -0.15) is 0 Å². The van der Waals surface area contributed by atoms with Gasteiger partial charge in [0.2, 0.25) is 0 Å². The van der Waals surface area contributed by atoms with Crippen molar-refractivity contribution in [1.29, 1.82) is 0 Å². The summed E-state index contributed by atoms with van der Waals surface area (Å²) in [7, 11) is 1.37. The van der Waals surface area contributed by atoms with E-state index in [-0.39, 0.29) is 5.97 Å². The Hall–Kier alpha value is -1.71. The third kappa shape index (κ3) is 1.88. The molecular formula is C11H13NO3. The van der Waals surface area contributed by atoms with E-state index < -0.39 is 6.10 Å². The lowest BCUT2D eigenvalue weighted by molar-refractivity contribution is -0.149. The van der Waals surface area contributed by atoms with Crippen LogP contribution in [0.1, 0.15) is 12.0 Å². The Morgan fingerprint density at radius 1 is 1.60 bits per heavy atom. The summed E-state index contributed by atoms with van der Waals surface area (Å²) in [5.74, 6) is 0.406. The Bertz CT molecular complexity index is 389. The van der Waals surface area contributed by atoms with Crippen molar-refractivity contribution in [2.45, 2.75) is 18.9 Å². The van der Waals surface area contributed by atoms with Crippen LogP contribution in [0.5, 0.6) is 5.75 Å². The lowest BCUT2D eigenvalue weighted by Crippen LogP contribution is -2.32. The third-order valence-electron chi connectivity index (χ3n) is 2.49. The summed E-state index contributed by atoms with van der Waals surface area (Å²) in [6, 6.07) is 5.43. The molecule has 0 radical (unpaired) electrons. The molecule has 0 aliphatic carbocycles. The van der Waals surface area contributed by atoms with Gasteiger partial charge in [0.15, 0.2) is 6.10 Å². The number of carbonyl (C=O) groups excluding carboxylic acids is 1. The largest absolute Gasteiger partial charge is 0.478 e. The molecule has 4 nitrogen and oxygen atoms in total. The Kier molecular flexibility index (Phi) is 2.49. The van der Waals surface area contributed by atoms with Crippen LogP contribution in [0.15, 0.2) is 18.2 Å². The van der Waals surface area contributed by atoms with Gasteiger partial charge in [-0.1, -0.05) is 0 Å².